The van der Waals surface area contributed by atoms with Crippen LogP contribution in [0.25, 0.3) is 33.3 Å². The van der Waals surface area contributed by atoms with E-state index in [4.69, 9.17) is 14.8 Å². The van der Waals surface area contributed by atoms with Gasteiger partial charge in [0.05, 0.1) is 22.4 Å². The number of rotatable bonds is 10. The van der Waals surface area contributed by atoms with E-state index < -0.39 is 0 Å². The summed E-state index contributed by atoms with van der Waals surface area (Å²) in [4.78, 5) is 4.87. The van der Waals surface area contributed by atoms with Crippen molar-refractivity contribution in [3.63, 3.8) is 0 Å². The van der Waals surface area contributed by atoms with Gasteiger partial charge in [0.15, 0.2) is 0 Å². The summed E-state index contributed by atoms with van der Waals surface area (Å²) in [6.45, 7) is 23.0. The minimum absolute atomic E-state index is 0.326. The highest BCUT2D eigenvalue weighted by molar-refractivity contribution is 6.09. The van der Waals surface area contributed by atoms with Gasteiger partial charge in [-0.05, 0) is 116 Å². The number of fused-ring (bicyclic) bond motifs is 3. The van der Waals surface area contributed by atoms with Crippen LogP contribution in [0.15, 0.2) is 90.6 Å². The Kier molecular flexibility index (Phi) is 9.91. The van der Waals surface area contributed by atoms with Crippen molar-refractivity contribution in [2.24, 2.45) is 23.7 Å². The molecule has 0 radical (unpaired) electrons. The molecule has 3 aromatic carbocycles. The van der Waals surface area contributed by atoms with Gasteiger partial charge in [0, 0.05) is 46.3 Å². The second kappa shape index (κ2) is 14.4. The average molecular weight is 693 g/mol. The lowest BCUT2D eigenvalue weighted by Gasteiger charge is -2.37. The molecule has 52 heavy (non-hydrogen) atoms. The summed E-state index contributed by atoms with van der Waals surface area (Å²) in [5, 5.41) is 7.64. The Labute approximate surface area is 310 Å². The van der Waals surface area contributed by atoms with Crippen molar-refractivity contribution in [1.82, 2.24) is 19.3 Å². The van der Waals surface area contributed by atoms with Gasteiger partial charge in [0.25, 0.3) is 0 Å². The number of ether oxygens (including phenoxy) is 1. The van der Waals surface area contributed by atoms with Crippen LogP contribution in [0.5, 0.6) is 11.5 Å². The van der Waals surface area contributed by atoms with Gasteiger partial charge in [-0.1, -0.05) is 85.2 Å². The van der Waals surface area contributed by atoms with Crippen LogP contribution < -0.4 is 4.74 Å². The molecule has 2 atom stereocenters. The molecule has 0 bridgehead atoms. The minimum atomic E-state index is 0.326. The molecule has 3 aromatic heterocycles. The molecule has 6 aromatic rings. The highest BCUT2D eigenvalue weighted by atomic mass is 16.5. The number of aromatic nitrogens is 4. The monoisotopic (exact) mass is 692 g/mol. The Balaban J connectivity index is 1.31. The fourth-order valence-corrected chi connectivity index (χ4v) is 8.73. The molecule has 1 unspecified atom stereocenters. The molecule has 0 N–H and O–H groups in total. The summed E-state index contributed by atoms with van der Waals surface area (Å²) in [6, 6.07) is 26.1. The number of para-hydroxylation sites is 1. The third-order valence-corrected chi connectivity index (χ3v) is 11.2. The maximum atomic E-state index is 6.81. The number of hydrogen-bond donors (Lipinski definition) is 0. The second-order valence-corrected chi connectivity index (χ2v) is 16.5. The average Bonchev–Trinajstić information content (AvgIpc) is 3.59. The van der Waals surface area contributed by atoms with Gasteiger partial charge in [-0.25, -0.2) is 9.67 Å². The lowest BCUT2D eigenvalue weighted by atomic mass is 9.67. The SMILES string of the molecule is Cc1nn(-c2cc(Oc3ccc4c5ccccc5n(-c5cc(CC(C)C)ccn5)c4c3)cc(C(C)C)c2)c(C)c1[C@H]1C(C(C)C)=CCCC1C(C)C. The maximum Gasteiger partial charge on any atom is 0.137 e. The molecule has 270 valence electrons. The molecule has 7 rings (SSSR count). The minimum Gasteiger partial charge on any atom is -0.457 e. The van der Waals surface area contributed by atoms with Gasteiger partial charge in [-0.3, -0.25) is 4.57 Å². The van der Waals surface area contributed by atoms with Crippen LogP contribution in [0.1, 0.15) is 108 Å². The molecule has 3 heterocycles. The van der Waals surface area contributed by atoms with E-state index in [9.17, 15) is 0 Å². The first-order chi connectivity index (χ1) is 24.9. The van der Waals surface area contributed by atoms with Crippen molar-refractivity contribution in [2.45, 2.75) is 100 Å². The van der Waals surface area contributed by atoms with Crippen LogP contribution in [-0.2, 0) is 6.42 Å². The molecule has 0 saturated carbocycles. The zero-order chi connectivity index (χ0) is 36.8. The number of nitrogens with zero attached hydrogens (tertiary/aromatic N) is 4. The topological polar surface area (TPSA) is 44.9 Å². The first kappa shape index (κ1) is 35.7. The molecular formula is C47H56N4O. The van der Waals surface area contributed by atoms with Crippen LogP contribution in [0.3, 0.4) is 0 Å². The molecule has 0 fully saturated rings. The van der Waals surface area contributed by atoms with Gasteiger partial charge >= 0.3 is 0 Å². The lowest BCUT2D eigenvalue weighted by Crippen LogP contribution is -2.26. The number of allylic oxidation sites excluding steroid dienone is 2. The van der Waals surface area contributed by atoms with Crippen molar-refractivity contribution in [1.29, 1.82) is 0 Å². The summed E-state index contributed by atoms with van der Waals surface area (Å²) < 4.78 is 11.3. The van der Waals surface area contributed by atoms with Crippen molar-refractivity contribution in [3.8, 4) is 23.0 Å². The van der Waals surface area contributed by atoms with Crippen LogP contribution in [0.2, 0.25) is 0 Å². The van der Waals surface area contributed by atoms with E-state index in [1.54, 1.807) is 5.57 Å². The summed E-state index contributed by atoms with van der Waals surface area (Å²) in [7, 11) is 0. The molecule has 0 saturated heterocycles. The van der Waals surface area contributed by atoms with E-state index in [-0.39, 0.29) is 0 Å². The molecule has 1 aliphatic carbocycles. The molecule has 1 aliphatic rings. The summed E-state index contributed by atoms with van der Waals surface area (Å²) in [6.07, 6.45) is 7.87. The highest BCUT2D eigenvalue weighted by Crippen LogP contribution is 2.47. The number of aryl methyl sites for hydroxylation is 1. The quantitative estimate of drug-likeness (QED) is 0.134. The molecule has 0 aliphatic heterocycles. The first-order valence-electron chi connectivity index (χ1n) is 19.5. The fraction of sp³-hybridized carbons (Fsp3) is 0.404. The van der Waals surface area contributed by atoms with Crippen molar-refractivity contribution in [2.75, 3.05) is 0 Å². The number of pyridine rings is 1. The van der Waals surface area contributed by atoms with Crippen LogP contribution >= 0.6 is 0 Å². The molecule has 0 spiro atoms. The van der Waals surface area contributed by atoms with Gasteiger partial charge in [0.2, 0.25) is 0 Å². The van der Waals surface area contributed by atoms with Crippen LogP contribution in [0.4, 0.5) is 0 Å². The number of benzene rings is 3. The van der Waals surface area contributed by atoms with Gasteiger partial charge < -0.3 is 4.74 Å². The lowest BCUT2D eigenvalue weighted by molar-refractivity contribution is 0.297. The van der Waals surface area contributed by atoms with Crippen LogP contribution in [-0.4, -0.2) is 19.3 Å². The van der Waals surface area contributed by atoms with Crippen molar-refractivity contribution >= 4 is 21.8 Å². The van der Waals surface area contributed by atoms with E-state index in [0.29, 0.717) is 35.5 Å². The Morgan fingerprint density at radius 3 is 2.29 bits per heavy atom. The molecule has 5 nitrogen and oxygen atoms in total. The highest BCUT2D eigenvalue weighted by Gasteiger charge is 2.36. The summed E-state index contributed by atoms with van der Waals surface area (Å²) in [5.41, 5.74) is 11.1. The van der Waals surface area contributed by atoms with E-state index >= 15 is 0 Å². The summed E-state index contributed by atoms with van der Waals surface area (Å²) >= 11 is 0. The van der Waals surface area contributed by atoms with E-state index in [0.717, 1.165) is 46.2 Å². The Bertz CT molecular complexity index is 2260. The van der Waals surface area contributed by atoms with Gasteiger partial charge in [0.1, 0.15) is 17.3 Å². The Morgan fingerprint density at radius 2 is 1.56 bits per heavy atom. The second-order valence-electron chi connectivity index (χ2n) is 16.5. The normalized spacial score (nSPS) is 16.6. The molecular weight excluding hydrogens is 637 g/mol. The van der Waals surface area contributed by atoms with E-state index in [1.165, 1.54) is 46.0 Å². The first-order valence-corrected chi connectivity index (χ1v) is 19.5. The fourth-order valence-electron chi connectivity index (χ4n) is 8.73. The predicted octanol–water partition coefficient (Wildman–Crippen LogP) is 12.8. The molecule has 0 amide bonds. The van der Waals surface area contributed by atoms with E-state index in [1.807, 2.05) is 6.20 Å². The van der Waals surface area contributed by atoms with E-state index in [2.05, 4.69) is 157 Å². The molecule has 5 heteroatoms. The zero-order valence-electron chi connectivity index (χ0n) is 32.9. The standard InChI is InChI=1S/C47H56N4O/c1-28(2)22-34-20-21-48-45(23-34)50-43-17-12-11-14-41(43)42-19-18-37(27-44(42)50)52-38-25-35(29(3)4)24-36(26-38)51-33(10)46(32(9)49-51)47-39(30(5)6)15-13-16-40(47)31(7)8/h11-12,14-15,17-21,23-31,40,47H,13,16,22H2,1-10H3/t40?,47-/m0/s1. The van der Waals surface area contributed by atoms with Gasteiger partial charge in [-0.2, -0.15) is 5.10 Å². The third kappa shape index (κ3) is 6.71. The van der Waals surface area contributed by atoms with Crippen molar-refractivity contribution in [3.05, 3.63) is 119 Å². The largest absolute Gasteiger partial charge is 0.457 e. The zero-order valence-corrected chi connectivity index (χ0v) is 32.9. The Hall–Kier alpha value is -4.64. The van der Waals surface area contributed by atoms with Crippen LogP contribution in [0, 0.1) is 37.5 Å². The number of hydrogen-bond acceptors (Lipinski definition) is 3. The Morgan fingerprint density at radius 1 is 0.788 bits per heavy atom. The van der Waals surface area contributed by atoms with Crippen molar-refractivity contribution < 1.29 is 4.74 Å². The summed E-state index contributed by atoms with van der Waals surface area (Å²) in [5.74, 6) is 5.55. The van der Waals surface area contributed by atoms with Gasteiger partial charge in [-0.15, -0.1) is 0 Å². The smallest absolute Gasteiger partial charge is 0.137 e. The predicted molar refractivity (Wildman–Crippen MR) is 218 cm³/mol. The maximum absolute atomic E-state index is 6.81. The third-order valence-electron chi connectivity index (χ3n) is 11.2.